The zero-order valence-corrected chi connectivity index (χ0v) is 22.0. The second kappa shape index (κ2) is 10.4. The fourth-order valence-electron chi connectivity index (χ4n) is 5.07. The van der Waals surface area contributed by atoms with Crippen molar-refractivity contribution < 1.29 is 9.59 Å². The molecule has 5 nitrogen and oxygen atoms in total. The minimum atomic E-state index is -0.817. The van der Waals surface area contributed by atoms with Gasteiger partial charge in [-0.1, -0.05) is 75.2 Å². The Balaban J connectivity index is 2.07. The van der Waals surface area contributed by atoms with Crippen LogP contribution in [0.15, 0.2) is 60.8 Å². The summed E-state index contributed by atoms with van der Waals surface area (Å²) in [6.45, 7) is 12.4. The number of fused-ring (bicyclic) bond motifs is 1. The first-order valence-electron chi connectivity index (χ1n) is 12.1. The van der Waals surface area contributed by atoms with E-state index in [1.54, 1.807) is 11.8 Å². The molecule has 1 aromatic heterocycles. The number of carbonyl (C=O) groups excluding carboxylic acids is 2. The summed E-state index contributed by atoms with van der Waals surface area (Å²) >= 11 is 0. The molecule has 184 valence electrons. The van der Waals surface area contributed by atoms with Crippen LogP contribution < -0.4 is 5.32 Å². The van der Waals surface area contributed by atoms with Gasteiger partial charge in [-0.25, -0.2) is 0 Å². The number of carbonyl (C=O) groups is 2. The molecule has 0 spiro atoms. The van der Waals surface area contributed by atoms with Gasteiger partial charge in [-0.05, 0) is 55.7 Å². The van der Waals surface area contributed by atoms with Gasteiger partial charge in [0.25, 0.3) is 5.91 Å². The van der Waals surface area contributed by atoms with Crippen molar-refractivity contribution in [2.75, 3.05) is 0 Å². The molecule has 3 rings (SSSR count). The Hall–Kier alpha value is -3.52. The van der Waals surface area contributed by atoms with Crippen molar-refractivity contribution in [3.63, 3.8) is 0 Å². The Morgan fingerprint density at radius 2 is 1.63 bits per heavy atom. The summed E-state index contributed by atoms with van der Waals surface area (Å²) in [4.78, 5) is 28.9. The van der Waals surface area contributed by atoms with E-state index in [2.05, 4.69) is 37.9 Å². The van der Waals surface area contributed by atoms with Crippen molar-refractivity contribution >= 4 is 22.7 Å². The van der Waals surface area contributed by atoms with Crippen molar-refractivity contribution in [3.05, 3.63) is 71.9 Å². The number of para-hydroxylation sites is 1. The summed E-state index contributed by atoms with van der Waals surface area (Å²) in [6, 6.07) is 16.7. The monoisotopic (exact) mass is 471 g/mol. The first-order chi connectivity index (χ1) is 16.4. The van der Waals surface area contributed by atoms with Crippen LogP contribution in [0.4, 0.5) is 0 Å². The van der Waals surface area contributed by atoms with Crippen molar-refractivity contribution in [2.45, 2.75) is 66.1 Å². The van der Waals surface area contributed by atoms with E-state index in [1.165, 1.54) is 0 Å². The van der Waals surface area contributed by atoms with Crippen molar-refractivity contribution in [2.24, 2.45) is 12.5 Å². The molecule has 1 N–H and O–H groups in total. The Kier molecular flexibility index (Phi) is 7.75. The number of amides is 2. The largest absolute Gasteiger partial charge is 0.350 e. The summed E-state index contributed by atoms with van der Waals surface area (Å²) in [5.41, 5.74) is 2.38. The van der Waals surface area contributed by atoms with Gasteiger partial charge in [0, 0.05) is 36.2 Å². The molecule has 3 aromatic rings. The Bertz CT molecular complexity index is 1250. The van der Waals surface area contributed by atoms with E-state index >= 15 is 0 Å². The van der Waals surface area contributed by atoms with Crippen LogP contribution in [0.2, 0.25) is 0 Å². The number of hydrogen-bond donors (Lipinski definition) is 1. The predicted octanol–water partition coefficient (Wildman–Crippen LogP) is 5.60. The predicted molar refractivity (Wildman–Crippen MR) is 142 cm³/mol. The van der Waals surface area contributed by atoms with Gasteiger partial charge in [-0.3, -0.25) is 9.59 Å². The zero-order chi connectivity index (χ0) is 25.8. The molecule has 35 heavy (non-hydrogen) atoms. The molecule has 1 unspecified atom stereocenters. The number of nitrogens with one attached hydrogen (secondary N) is 1. The van der Waals surface area contributed by atoms with Crippen LogP contribution >= 0.6 is 0 Å². The topological polar surface area (TPSA) is 54.3 Å². The second-order valence-electron chi connectivity index (χ2n) is 11.0. The fourth-order valence-corrected chi connectivity index (χ4v) is 5.07. The molecule has 0 bridgehead atoms. The Labute approximate surface area is 209 Å². The molecular weight excluding hydrogens is 434 g/mol. The Morgan fingerprint density at radius 1 is 1.00 bits per heavy atom. The molecule has 5 heteroatoms. The fraction of sp³-hybridized carbons (Fsp3) is 0.400. The third-order valence-corrected chi connectivity index (χ3v) is 5.92. The van der Waals surface area contributed by atoms with E-state index in [-0.39, 0.29) is 23.8 Å². The van der Waals surface area contributed by atoms with Crippen molar-refractivity contribution in [3.8, 4) is 11.8 Å². The highest BCUT2D eigenvalue weighted by atomic mass is 16.2. The number of benzene rings is 2. The minimum Gasteiger partial charge on any atom is -0.350 e. The highest BCUT2D eigenvalue weighted by Crippen LogP contribution is 2.31. The standard InChI is InChI=1S/C30H37N3O2/c1-8-14-26(34)33(20-23-19-32(7)25-18-13-12-17-24(23)25)27(22-15-10-9-11-16-22)28(35)31-30(5,6)21-29(2,3)4/h9-13,15-19,27H,20-21H2,1-7H3,(H,31,35). The number of hydrogen-bond acceptors (Lipinski definition) is 2. The van der Waals surface area contributed by atoms with E-state index in [4.69, 9.17) is 0 Å². The molecule has 2 aromatic carbocycles. The van der Waals surface area contributed by atoms with Crippen LogP contribution in [0.25, 0.3) is 10.9 Å². The summed E-state index contributed by atoms with van der Waals surface area (Å²) in [7, 11) is 1.99. The van der Waals surface area contributed by atoms with Gasteiger partial charge in [0.1, 0.15) is 6.04 Å². The number of aryl methyl sites for hydroxylation is 1. The third-order valence-electron chi connectivity index (χ3n) is 5.92. The molecule has 0 saturated heterocycles. The molecule has 0 aliphatic rings. The molecule has 0 aliphatic carbocycles. The van der Waals surface area contributed by atoms with E-state index in [0.717, 1.165) is 28.5 Å². The van der Waals surface area contributed by atoms with Crippen LogP contribution in [0.3, 0.4) is 0 Å². The highest BCUT2D eigenvalue weighted by Gasteiger charge is 2.35. The Morgan fingerprint density at radius 3 is 2.26 bits per heavy atom. The number of aromatic nitrogens is 1. The highest BCUT2D eigenvalue weighted by molar-refractivity contribution is 5.98. The maximum Gasteiger partial charge on any atom is 0.299 e. The molecule has 1 heterocycles. The molecular formula is C30H37N3O2. The summed E-state index contributed by atoms with van der Waals surface area (Å²) in [5, 5.41) is 4.28. The number of rotatable bonds is 7. The normalized spacial score (nSPS) is 12.5. The number of nitrogens with zero attached hydrogens (tertiary/aromatic N) is 2. The van der Waals surface area contributed by atoms with Crippen LogP contribution in [0.5, 0.6) is 0 Å². The van der Waals surface area contributed by atoms with E-state index in [1.807, 2.05) is 86.3 Å². The average molecular weight is 472 g/mol. The maximum absolute atomic E-state index is 13.9. The van der Waals surface area contributed by atoms with E-state index < -0.39 is 11.6 Å². The van der Waals surface area contributed by atoms with E-state index in [0.29, 0.717) is 0 Å². The molecule has 0 fully saturated rings. The smallest absolute Gasteiger partial charge is 0.299 e. The lowest BCUT2D eigenvalue weighted by atomic mass is 9.81. The summed E-state index contributed by atoms with van der Waals surface area (Å²) in [6.07, 6.45) is 2.81. The zero-order valence-electron chi connectivity index (χ0n) is 22.0. The molecule has 0 aliphatic heterocycles. The van der Waals surface area contributed by atoms with Gasteiger partial charge in [0.15, 0.2) is 0 Å². The molecule has 0 radical (unpaired) electrons. The van der Waals surface area contributed by atoms with Crippen molar-refractivity contribution in [1.29, 1.82) is 0 Å². The molecule has 2 amide bonds. The SMILES string of the molecule is CC#CC(=O)N(Cc1cn(C)c2ccccc12)C(C(=O)NC(C)(C)CC(C)(C)C)c1ccccc1. The lowest BCUT2D eigenvalue weighted by Gasteiger charge is -2.37. The van der Waals surface area contributed by atoms with Crippen LogP contribution in [-0.2, 0) is 23.2 Å². The van der Waals surface area contributed by atoms with Crippen LogP contribution in [0.1, 0.15) is 65.1 Å². The van der Waals surface area contributed by atoms with Crippen molar-refractivity contribution in [1.82, 2.24) is 14.8 Å². The quantitative estimate of drug-likeness (QED) is 0.456. The molecule has 0 saturated carbocycles. The van der Waals surface area contributed by atoms with E-state index in [9.17, 15) is 9.59 Å². The lowest BCUT2D eigenvalue weighted by molar-refractivity contribution is -0.138. The first kappa shape index (κ1) is 26.1. The lowest BCUT2D eigenvalue weighted by Crippen LogP contribution is -2.51. The molecule has 1 atom stereocenters. The first-order valence-corrected chi connectivity index (χ1v) is 12.1. The van der Waals surface area contributed by atoms with Gasteiger partial charge in [-0.2, -0.15) is 0 Å². The summed E-state index contributed by atoms with van der Waals surface area (Å²) < 4.78 is 2.04. The maximum atomic E-state index is 13.9. The average Bonchev–Trinajstić information content (AvgIpc) is 3.07. The van der Waals surface area contributed by atoms with Crippen LogP contribution in [-0.4, -0.2) is 26.8 Å². The van der Waals surface area contributed by atoms with Gasteiger partial charge >= 0.3 is 0 Å². The van der Waals surface area contributed by atoms with Crippen LogP contribution in [0, 0.1) is 17.3 Å². The third kappa shape index (κ3) is 6.54. The van der Waals surface area contributed by atoms with Gasteiger partial charge in [0.05, 0.1) is 0 Å². The van der Waals surface area contributed by atoms with Gasteiger partial charge in [0.2, 0.25) is 5.91 Å². The van der Waals surface area contributed by atoms with Gasteiger partial charge < -0.3 is 14.8 Å². The summed E-state index contributed by atoms with van der Waals surface area (Å²) in [5.74, 6) is 4.81. The minimum absolute atomic E-state index is 0.0329. The van der Waals surface area contributed by atoms with Gasteiger partial charge in [-0.15, -0.1) is 0 Å². The second-order valence-corrected chi connectivity index (χ2v) is 11.0.